The highest BCUT2D eigenvalue weighted by Gasteiger charge is 2.28. The fourth-order valence-electron chi connectivity index (χ4n) is 5.17. The summed E-state index contributed by atoms with van der Waals surface area (Å²) in [6.07, 6.45) is 3.81. The fourth-order valence-corrected chi connectivity index (χ4v) is 5.17. The van der Waals surface area contributed by atoms with Gasteiger partial charge in [-0.15, -0.1) is 0 Å². The van der Waals surface area contributed by atoms with E-state index in [-0.39, 0.29) is 30.7 Å². The predicted molar refractivity (Wildman–Crippen MR) is 138 cm³/mol. The van der Waals surface area contributed by atoms with E-state index in [0.717, 1.165) is 67.0 Å². The van der Waals surface area contributed by atoms with Gasteiger partial charge in [0.2, 0.25) is 11.8 Å². The van der Waals surface area contributed by atoms with Crippen molar-refractivity contribution in [1.29, 1.82) is 0 Å². The number of amides is 2. The Morgan fingerprint density at radius 3 is 2.53 bits per heavy atom. The summed E-state index contributed by atoms with van der Waals surface area (Å²) in [5.74, 6) is 1.96. The molecule has 2 heterocycles. The van der Waals surface area contributed by atoms with E-state index in [1.54, 1.807) is 0 Å². The zero-order chi connectivity index (χ0) is 24.2. The first-order chi connectivity index (χ1) is 16.3. The van der Waals surface area contributed by atoms with Crippen LogP contribution in [0, 0.1) is 18.8 Å². The number of carbonyl (C=O) groups is 2. The number of nitrogens with zero attached hydrogens (tertiary/aromatic N) is 3. The van der Waals surface area contributed by atoms with Gasteiger partial charge >= 0.3 is 0 Å². The third-order valence-electron chi connectivity index (χ3n) is 7.75. The van der Waals surface area contributed by atoms with Crippen molar-refractivity contribution in [2.75, 3.05) is 43.4 Å². The van der Waals surface area contributed by atoms with Crippen molar-refractivity contribution in [2.24, 2.45) is 11.8 Å². The molecule has 0 bridgehead atoms. The fraction of sp³-hybridized carbons (Fsp3) is 0.593. The summed E-state index contributed by atoms with van der Waals surface area (Å²) in [5, 5.41) is 7.14. The number of likely N-dealkylation sites (N-methyl/N-ethyl adjacent to an activating group) is 1. The number of nitrogens with one attached hydrogen (secondary N) is 2. The molecule has 4 rings (SSSR count). The number of carbonyl (C=O) groups excluding carboxylic acids is 2. The Hall–Kier alpha value is -2.67. The quantitative estimate of drug-likeness (QED) is 0.675. The summed E-state index contributed by atoms with van der Waals surface area (Å²) in [6, 6.07) is 8.21. The Labute approximate surface area is 203 Å². The van der Waals surface area contributed by atoms with Gasteiger partial charge in [-0.1, -0.05) is 26.7 Å². The Bertz CT molecular complexity index is 1030. The van der Waals surface area contributed by atoms with E-state index < -0.39 is 0 Å². The van der Waals surface area contributed by atoms with Crippen LogP contribution in [0.5, 0.6) is 0 Å². The first-order valence-electron chi connectivity index (χ1n) is 12.7. The highest BCUT2D eigenvalue weighted by Crippen LogP contribution is 2.29. The lowest BCUT2D eigenvalue weighted by atomic mass is 9.78. The summed E-state index contributed by atoms with van der Waals surface area (Å²) in [7, 11) is 2.15. The van der Waals surface area contributed by atoms with Crippen molar-refractivity contribution in [1.82, 2.24) is 15.2 Å². The molecule has 1 aromatic carbocycles. The normalized spacial score (nSPS) is 23.6. The molecule has 2 amide bonds. The molecule has 1 aromatic heterocycles. The van der Waals surface area contributed by atoms with Gasteiger partial charge in [-0.2, -0.15) is 0 Å². The summed E-state index contributed by atoms with van der Waals surface area (Å²) >= 11 is 0. The smallest absolute Gasteiger partial charge is 0.224 e. The molecule has 7 nitrogen and oxygen atoms in total. The van der Waals surface area contributed by atoms with Crippen molar-refractivity contribution in [3.05, 3.63) is 29.8 Å². The molecule has 1 aliphatic heterocycles. The van der Waals surface area contributed by atoms with E-state index >= 15 is 0 Å². The van der Waals surface area contributed by atoms with Crippen LogP contribution in [0.3, 0.4) is 0 Å². The van der Waals surface area contributed by atoms with E-state index in [2.05, 4.69) is 54.3 Å². The van der Waals surface area contributed by atoms with Gasteiger partial charge < -0.3 is 20.4 Å². The van der Waals surface area contributed by atoms with E-state index in [9.17, 15) is 9.59 Å². The van der Waals surface area contributed by atoms with Gasteiger partial charge in [0.25, 0.3) is 0 Å². The zero-order valence-corrected chi connectivity index (χ0v) is 21.1. The zero-order valence-electron chi connectivity index (χ0n) is 21.1. The number of benzene rings is 1. The van der Waals surface area contributed by atoms with Crippen molar-refractivity contribution in [3.8, 4) is 0 Å². The predicted octanol–water partition coefficient (Wildman–Crippen LogP) is 3.95. The van der Waals surface area contributed by atoms with Gasteiger partial charge in [-0.25, -0.2) is 4.98 Å². The van der Waals surface area contributed by atoms with Crippen molar-refractivity contribution in [3.63, 3.8) is 0 Å². The maximum Gasteiger partial charge on any atom is 0.224 e. The van der Waals surface area contributed by atoms with Crippen molar-refractivity contribution < 1.29 is 9.59 Å². The number of hydrogen-bond acceptors (Lipinski definition) is 5. The maximum atomic E-state index is 12.5. The molecule has 184 valence electrons. The van der Waals surface area contributed by atoms with E-state index in [4.69, 9.17) is 4.98 Å². The minimum atomic E-state index is -0.140. The van der Waals surface area contributed by atoms with Crippen molar-refractivity contribution >= 4 is 34.2 Å². The molecule has 2 aliphatic rings. The number of hydrogen-bond donors (Lipinski definition) is 2. The molecule has 0 spiro atoms. The first kappa shape index (κ1) is 24.5. The second kappa shape index (κ2) is 10.7. The van der Waals surface area contributed by atoms with Crippen LogP contribution in [-0.2, 0) is 9.59 Å². The SMILES string of the molecule is Cc1cc(N2CCN(C)CC2)nc2ccc(NC(=O)CCC(=O)N[C@@H]3CCC[C@H](C)[C@H]3C)cc12. The number of rotatable bonds is 6. The molecule has 1 saturated carbocycles. The molecule has 2 aromatic rings. The summed E-state index contributed by atoms with van der Waals surface area (Å²) in [4.78, 5) is 34.5. The molecule has 34 heavy (non-hydrogen) atoms. The molecule has 0 unspecified atom stereocenters. The lowest BCUT2D eigenvalue weighted by Crippen LogP contribution is -2.44. The number of aromatic nitrogens is 1. The van der Waals surface area contributed by atoms with Gasteiger partial charge in [0.1, 0.15) is 5.82 Å². The minimum absolute atomic E-state index is 0.0314. The van der Waals surface area contributed by atoms with Crippen molar-refractivity contribution in [2.45, 2.75) is 58.9 Å². The Balaban J connectivity index is 1.32. The Kier molecular flexibility index (Phi) is 7.71. The number of pyridine rings is 1. The second-order valence-electron chi connectivity index (χ2n) is 10.3. The van der Waals surface area contributed by atoms with E-state index in [1.807, 2.05) is 18.2 Å². The molecule has 3 atom stereocenters. The van der Waals surface area contributed by atoms with Gasteiger partial charge in [-0.3, -0.25) is 9.59 Å². The number of anilines is 2. The molecular weight excluding hydrogens is 426 g/mol. The minimum Gasteiger partial charge on any atom is -0.354 e. The first-order valence-corrected chi connectivity index (χ1v) is 12.7. The molecule has 0 radical (unpaired) electrons. The van der Waals surface area contributed by atoms with Gasteiger partial charge in [0, 0.05) is 56.1 Å². The van der Waals surface area contributed by atoms with Crippen LogP contribution in [0.25, 0.3) is 10.9 Å². The van der Waals surface area contributed by atoms with Crippen LogP contribution in [0.2, 0.25) is 0 Å². The summed E-state index contributed by atoms with van der Waals surface area (Å²) in [5.41, 5.74) is 2.82. The Morgan fingerprint density at radius 2 is 1.76 bits per heavy atom. The molecule has 2 fully saturated rings. The lowest BCUT2D eigenvalue weighted by molar-refractivity contribution is -0.125. The standard InChI is InChI=1S/C27H39N5O2/c1-18-6-5-7-23(20(18)3)30-27(34)11-10-26(33)28-21-8-9-24-22(17-21)19(2)16-25(29-24)32-14-12-31(4)13-15-32/h8-9,16-18,20,23H,5-7,10-15H2,1-4H3,(H,28,33)(H,30,34)/t18-,20+,23+/m0/s1. The molecule has 1 aliphatic carbocycles. The highest BCUT2D eigenvalue weighted by atomic mass is 16.2. The summed E-state index contributed by atoms with van der Waals surface area (Å²) < 4.78 is 0. The van der Waals surface area contributed by atoms with Crippen LogP contribution in [0.4, 0.5) is 11.5 Å². The summed E-state index contributed by atoms with van der Waals surface area (Å²) in [6.45, 7) is 10.6. The van der Waals surface area contributed by atoms with Crippen LogP contribution in [0.15, 0.2) is 24.3 Å². The third-order valence-corrected chi connectivity index (χ3v) is 7.75. The van der Waals surface area contributed by atoms with Crippen LogP contribution in [0.1, 0.15) is 51.5 Å². The van der Waals surface area contributed by atoms with Gasteiger partial charge in [-0.05, 0) is 62.1 Å². The third kappa shape index (κ3) is 5.87. The average molecular weight is 466 g/mol. The lowest BCUT2D eigenvalue weighted by Gasteiger charge is -2.34. The van der Waals surface area contributed by atoms with Gasteiger partial charge in [0.15, 0.2) is 0 Å². The molecule has 2 N–H and O–H groups in total. The topological polar surface area (TPSA) is 77.6 Å². The number of piperazine rings is 1. The number of fused-ring (bicyclic) bond motifs is 1. The average Bonchev–Trinajstić information content (AvgIpc) is 2.81. The molecule has 1 saturated heterocycles. The van der Waals surface area contributed by atoms with Crippen LogP contribution < -0.4 is 15.5 Å². The highest BCUT2D eigenvalue weighted by molar-refractivity contribution is 5.96. The molecular formula is C27H39N5O2. The van der Waals surface area contributed by atoms with Gasteiger partial charge in [0.05, 0.1) is 5.52 Å². The molecule has 7 heteroatoms. The largest absolute Gasteiger partial charge is 0.354 e. The van der Waals surface area contributed by atoms with E-state index in [0.29, 0.717) is 11.8 Å². The number of aryl methyl sites for hydroxylation is 1. The second-order valence-corrected chi connectivity index (χ2v) is 10.3. The van der Waals surface area contributed by atoms with E-state index in [1.165, 1.54) is 6.42 Å². The monoisotopic (exact) mass is 465 g/mol. The van der Waals surface area contributed by atoms with Crippen LogP contribution in [-0.4, -0.2) is 61.0 Å². The Morgan fingerprint density at radius 1 is 1.03 bits per heavy atom. The van der Waals surface area contributed by atoms with Crippen LogP contribution >= 0.6 is 0 Å². The maximum absolute atomic E-state index is 12.5.